The SMILES string of the molecule is Cc1nnc(NC(=O)c2cc3ccccc3cc2OCC(=O)NC(C)C)s1. The van der Waals surface area contributed by atoms with E-state index in [1.807, 2.05) is 45.0 Å². The molecule has 8 heteroatoms. The molecule has 2 amide bonds. The fraction of sp³-hybridized carbons (Fsp3) is 0.263. The van der Waals surface area contributed by atoms with Gasteiger partial charge in [0.15, 0.2) is 6.61 Å². The van der Waals surface area contributed by atoms with E-state index in [0.717, 1.165) is 15.8 Å². The number of rotatable bonds is 6. The van der Waals surface area contributed by atoms with E-state index in [9.17, 15) is 9.59 Å². The Kier molecular flexibility index (Phi) is 5.66. The second kappa shape index (κ2) is 8.13. The van der Waals surface area contributed by atoms with Crippen LogP contribution < -0.4 is 15.4 Å². The highest BCUT2D eigenvalue weighted by atomic mass is 32.1. The number of aryl methyl sites for hydroxylation is 1. The van der Waals surface area contributed by atoms with Crippen LogP contribution in [0.4, 0.5) is 5.13 Å². The molecule has 0 unspecified atom stereocenters. The van der Waals surface area contributed by atoms with Gasteiger partial charge in [0.05, 0.1) is 5.56 Å². The summed E-state index contributed by atoms with van der Waals surface area (Å²) in [5.41, 5.74) is 0.332. The molecule has 2 N–H and O–H groups in total. The number of amides is 2. The third-order valence-electron chi connectivity index (χ3n) is 3.65. The second-order valence-electron chi connectivity index (χ2n) is 6.29. The summed E-state index contributed by atoms with van der Waals surface area (Å²) in [6.45, 7) is 5.38. The minimum Gasteiger partial charge on any atom is -0.483 e. The van der Waals surface area contributed by atoms with Crippen LogP contribution in [0, 0.1) is 6.92 Å². The third-order valence-corrected chi connectivity index (χ3v) is 4.40. The Balaban J connectivity index is 1.88. The minimum atomic E-state index is -0.365. The number of nitrogens with one attached hydrogen (secondary N) is 2. The van der Waals surface area contributed by atoms with Crippen LogP contribution in [0.1, 0.15) is 29.2 Å². The summed E-state index contributed by atoms with van der Waals surface area (Å²) >= 11 is 1.29. The molecule has 0 radical (unpaired) electrons. The number of aromatic nitrogens is 2. The molecule has 0 aliphatic heterocycles. The van der Waals surface area contributed by atoms with Gasteiger partial charge in [0, 0.05) is 6.04 Å². The van der Waals surface area contributed by atoms with Gasteiger partial charge >= 0.3 is 0 Å². The molecule has 1 aromatic heterocycles. The van der Waals surface area contributed by atoms with Gasteiger partial charge in [0.2, 0.25) is 5.13 Å². The van der Waals surface area contributed by atoms with Crippen molar-refractivity contribution in [3.8, 4) is 5.75 Å². The van der Waals surface area contributed by atoms with Crippen molar-refractivity contribution in [3.63, 3.8) is 0 Å². The van der Waals surface area contributed by atoms with Crippen LogP contribution in [-0.2, 0) is 4.79 Å². The van der Waals surface area contributed by atoms with Gasteiger partial charge in [-0.2, -0.15) is 0 Å². The van der Waals surface area contributed by atoms with Gasteiger partial charge in [0.25, 0.3) is 11.8 Å². The number of hydrogen-bond acceptors (Lipinski definition) is 6. The molecule has 27 heavy (non-hydrogen) atoms. The lowest BCUT2D eigenvalue weighted by Crippen LogP contribution is -2.34. The smallest absolute Gasteiger partial charge is 0.261 e. The Morgan fingerprint density at radius 1 is 1.15 bits per heavy atom. The van der Waals surface area contributed by atoms with E-state index in [1.165, 1.54) is 11.3 Å². The number of benzene rings is 2. The maximum Gasteiger partial charge on any atom is 0.261 e. The molecule has 2 aromatic carbocycles. The number of fused-ring (bicyclic) bond motifs is 1. The Morgan fingerprint density at radius 2 is 1.85 bits per heavy atom. The molecule has 140 valence electrons. The van der Waals surface area contributed by atoms with Gasteiger partial charge in [-0.25, -0.2) is 0 Å². The van der Waals surface area contributed by atoms with Gasteiger partial charge in [-0.15, -0.1) is 10.2 Å². The number of carbonyl (C=O) groups is 2. The molecule has 0 aliphatic rings. The van der Waals surface area contributed by atoms with E-state index in [2.05, 4.69) is 20.8 Å². The molecule has 0 bridgehead atoms. The number of anilines is 1. The Hall–Kier alpha value is -3.00. The van der Waals surface area contributed by atoms with Crippen molar-refractivity contribution in [2.45, 2.75) is 26.8 Å². The quantitative estimate of drug-likeness (QED) is 0.681. The van der Waals surface area contributed by atoms with Crippen molar-refractivity contribution in [1.29, 1.82) is 0 Å². The predicted octanol–water partition coefficient (Wildman–Crippen LogP) is 3.16. The van der Waals surface area contributed by atoms with Crippen LogP contribution in [0.15, 0.2) is 36.4 Å². The van der Waals surface area contributed by atoms with E-state index >= 15 is 0 Å². The van der Waals surface area contributed by atoms with E-state index in [4.69, 9.17) is 4.74 Å². The molecule has 0 spiro atoms. The van der Waals surface area contributed by atoms with Crippen molar-refractivity contribution < 1.29 is 14.3 Å². The third kappa shape index (κ3) is 4.79. The van der Waals surface area contributed by atoms with Crippen molar-refractivity contribution >= 4 is 39.1 Å². The van der Waals surface area contributed by atoms with E-state index in [-0.39, 0.29) is 24.5 Å². The molecule has 0 saturated heterocycles. The van der Waals surface area contributed by atoms with Crippen LogP contribution in [-0.4, -0.2) is 34.7 Å². The lowest BCUT2D eigenvalue weighted by Gasteiger charge is -2.13. The molecular weight excluding hydrogens is 364 g/mol. The Labute approximate surface area is 160 Å². The van der Waals surface area contributed by atoms with E-state index in [0.29, 0.717) is 16.4 Å². The average molecular weight is 384 g/mol. The Morgan fingerprint density at radius 3 is 2.48 bits per heavy atom. The minimum absolute atomic E-state index is 0.0149. The molecule has 0 fully saturated rings. The summed E-state index contributed by atoms with van der Waals surface area (Å²) in [6.07, 6.45) is 0. The maximum atomic E-state index is 12.8. The van der Waals surface area contributed by atoms with Crippen molar-refractivity contribution in [2.75, 3.05) is 11.9 Å². The van der Waals surface area contributed by atoms with Gasteiger partial charge < -0.3 is 10.1 Å². The lowest BCUT2D eigenvalue weighted by atomic mass is 10.1. The monoisotopic (exact) mass is 384 g/mol. The topological polar surface area (TPSA) is 93.2 Å². The second-order valence-corrected chi connectivity index (χ2v) is 7.47. The largest absolute Gasteiger partial charge is 0.483 e. The highest BCUT2D eigenvalue weighted by Gasteiger charge is 2.17. The van der Waals surface area contributed by atoms with Crippen LogP contribution in [0.5, 0.6) is 5.75 Å². The summed E-state index contributed by atoms with van der Waals surface area (Å²) in [7, 11) is 0. The average Bonchev–Trinajstić information content (AvgIpc) is 3.03. The zero-order valence-electron chi connectivity index (χ0n) is 15.3. The summed E-state index contributed by atoms with van der Waals surface area (Å²) in [5, 5.41) is 16.3. The highest BCUT2D eigenvalue weighted by Crippen LogP contribution is 2.27. The van der Waals surface area contributed by atoms with Crippen molar-refractivity contribution in [2.24, 2.45) is 0 Å². The van der Waals surface area contributed by atoms with Crippen LogP contribution in [0.25, 0.3) is 10.8 Å². The van der Waals surface area contributed by atoms with Crippen LogP contribution in [0.2, 0.25) is 0 Å². The number of carbonyl (C=O) groups excluding carboxylic acids is 2. The van der Waals surface area contributed by atoms with Crippen LogP contribution >= 0.6 is 11.3 Å². The first kappa shape index (κ1) is 18.8. The summed E-state index contributed by atoms with van der Waals surface area (Å²) in [4.78, 5) is 24.7. The van der Waals surface area contributed by atoms with Crippen LogP contribution in [0.3, 0.4) is 0 Å². The number of hydrogen-bond donors (Lipinski definition) is 2. The van der Waals surface area contributed by atoms with Gasteiger partial charge in [-0.05, 0) is 43.7 Å². The number of ether oxygens (including phenoxy) is 1. The Bertz CT molecular complexity index is 984. The van der Waals surface area contributed by atoms with Crippen molar-refractivity contribution in [3.05, 3.63) is 47.0 Å². The van der Waals surface area contributed by atoms with E-state index in [1.54, 1.807) is 12.1 Å². The maximum absolute atomic E-state index is 12.8. The molecule has 7 nitrogen and oxygen atoms in total. The fourth-order valence-corrected chi connectivity index (χ4v) is 3.12. The first-order valence-corrected chi connectivity index (χ1v) is 9.30. The molecule has 0 atom stereocenters. The van der Waals surface area contributed by atoms with Gasteiger partial charge in [-0.3, -0.25) is 14.9 Å². The van der Waals surface area contributed by atoms with Gasteiger partial charge in [-0.1, -0.05) is 35.6 Å². The molecular formula is C19H20N4O3S. The summed E-state index contributed by atoms with van der Waals surface area (Å²) in [6, 6.07) is 11.2. The molecule has 1 heterocycles. The fourth-order valence-electron chi connectivity index (χ4n) is 2.53. The van der Waals surface area contributed by atoms with Gasteiger partial charge in [0.1, 0.15) is 10.8 Å². The summed E-state index contributed by atoms with van der Waals surface area (Å²) < 4.78 is 5.67. The highest BCUT2D eigenvalue weighted by molar-refractivity contribution is 7.15. The lowest BCUT2D eigenvalue weighted by molar-refractivity contribution is -0.123. The predicted molar refractivity (Wildman–Crippen MR) is 105 cm³/mol. The molecule has 3 rings (SSSR count). The number of nitrogens with zero attached hydrogens (tertiary/aromatic N) is 2. The molecule has 0 saturated carbocycles. The normalized spacial score (nSPS) is 10.8. The van der Waals surface area contributed by atoms with Crippen molar-refractivity contribution in [1.82, 2.24) is 15.5 Å². The first-order chi connectivity index (χ1) is 12.9. The standard InChI is InChI=1S/C19H20N4O3S/c1-11(2)20-17(24)10-26-16-9-14-7-5-4-6-13(14)8-15(16)18(25)21-19-23-22-12(3)27-19/h4-9,11H,10H2,1-3H3,(H,20,24)(H,21,23,25). The molecule has 0 aliphatic carbocycles. The zero-order chi connectivity index (χ0) is 19.4. The zero-order valence-corrected chi connectivity index (χ0v) is 16.1. The first-order valence-electron chi connectivity index (χ1n) is 8.49. The summed E-state index contributed by atoms with van der Waals surface area (Å²) in [5.74, 6) is -0.272. The van der Waals surface area contributed by atoms with E-state index < -0.39 is 0 Å². The molecule has 3 aromatic rings.